The molecule has 0 fully saturated rings. The molecular weight excluding hydrogens is 244 g/mol. The SMILES string of the molecule is Cc1cc2nc(C)c(CNC(=O)C(C)C)c(=O)n2[nH]1. The van der Waals surface area contributed by atoms with Crippen molar-refractivity contribution in [3.63, 3.8) is 0 Å². The summed E-state index contributed by atoms with van der Waals surface area (Å²) in [5.74, 6) is -0.181. The minimum Gasteiger partial charge on any atom is -0.352 e. The lowest BCUT2D eigenvalue weighted by Gasteiger charge is -2.09. The highest BCUT2D eigenvalue weighted by molar-refractivity contribution is 5.77. The molecule has 2 N–H and O–H groups in total. The molecule has 19 heavy (non-hydrogen) atoms. The van der Waals surface area contributed by atoms with Crippen molar-refractivity contribution in [2.45, 2.75) is 34.2 Å². The molecule has 0 unspecified atom stereocenters. The van der Waals surface area contributed by atoms with Gasteiger partial charge in [-0.15, -0.1) is 0 Å². The Morgan fingerprint density at radius 1 is 1.47 bits per heavy atom. The van der Waals surface area contributed by atoms with E-state index in [0.29, 0.717) is 16.9 Å². The average Bonchev–Trinajstić information content (AvgIpc) is 2.69. The maximum atomic E-state index is 12.3. The van der Waals surface area contributed by atoms with Crippen LogP contribution in [0, 0.1) is 19.8 Å². The van der Waals surface area contributed by atoms with E-state index in [0.717, 1.165) is 5.69 Å². The molecule has 0 bridgehead atoms. The zero-order valence-corrected chi connectivity index (χ0v) is 11.6. The first-order chi connectivity index (χ1) is 8.90. The third kappa shape index (κ3) is 2.52. The highest BCUT2D eigenvalue weighted by atomic mass is 16.2. The molecule has 6 heteroatoms. The number of aromatic nitrogens is 3. The number of carbonyl (C=O) groups is 1. The summed E-state index contributed by atoms with van der Waals surface area (Å²) in [6.45, 7) is 7.47. The number of nitrogens with zero attached hydrogens (tertiary/aromatic N) is 2. The van der Waals surface area contributed by atoms with Crippen LogP contribution in [0.3, 0.4) is 0 Å². The Morgan fingerprint density at radius 3 is 2.79 bits per heavy atom. The van der Waals surface area contributed by atoms with Crippen molar-refractivity contribution >= 4 is 11.6 Å². The molecule has 0 spiro atoms. The van der Waals surface area contributed by atoms with Gasteiger partial charge >= 0.3 is 0 Å². The number of carbonyl (C=O) groups excluding carboxylic acids is 1. The molecule has 1 amide bonds. The van der Waals surface area contributed by atoms with E-state index < -0.39 is 0 Å². The number of rotatable bonds is 3. The van der Waals surface area contributed by atoms with E-state index >= 15 is 0 Å². The summed E-state index contributed by atoms with van der Waals surface area (Å²) in [5, 5.41) is 5.68. The van der Waals surface area contributed by atoms with Gasteiger partial charge in [-0.3, -0.25) is 14.7 Å². The number of amides is 1. The Kier molecular flexibility index (Phi) is 3.42. The standard InChI is InChI=1S/C13H18N4O2/c1-7(2)12(18)14-6-10-9(4)15-11-5-8(3)16-17(11)13(10)19/h5,7,16H,6H2,1-4H3,(H,14,18). The van der Waals surface area contributed by atoms with Gasteiger partial charge in [-0.2, -0.15) is 0 Å². The molecule has 0 aliphatic rings. The van der Waals surface area contributed by atoms with Gasteiger partial charge in [-0.25, -0.2) is 9.50 Å². The molecule has 0 aromatic carbocycles. The zero-order valence-electron chi connectivity index (χ0n) is 11.6. The van der Waals surface area contributed by atoms with Crippen molar-refractivity contribution in [2.75, 3.05) is 0 Å². The van der Waals surface area contributed by atoms with Crippen LogP contribution in [0.4, 0.5) is 0 Å². The van der Waals surface area contributed by atoms with Gasteiger partial charge in [0.1, 0.15) is 0 Å². The second-order valence-electron chi connectivity index (χ2n) is 4.99. The largest absolute Gasteiger partial charge is 0.352 e. The Balaban J connectivity index is 2.38. The van der Waals surface area contributed by atoms with Gasteiger partial charge in [0.15, 0.2) is 5.65 Å². The fraction of sp³-hybridized carbons (Fsp3) is 0.462. The van der Waals surface area contributed by atoms with Gasteiger partial charge in [0.05, 0.1) is 17.8 Å². The summed E-state index contributed by atoms with van der Waals surface area (Å²) in [6, 6.07) is 1.81. The second kappa shape index (κ2) is 4.87. The van der Waals surface area contributed by atoms with Crippen LogP contribution in [0.1, 0.15) is 30.8 Å². The Hall–Kier alpha value is -2.11. The third-order valence-electron chi connectivity index (χ3n) is 3.01. The number of aryl methyl sites for hydroxylation is 2. The summed E-state index contributed by atoms with van der Waals surface area (Å²) < 4.78 is 1.40. The van der Waals surface area contributed by atoms with Crippen molar-refractivity contribution in [3.8, 4) is 0 Å². The van der Waals surface area contributed by atoms with Gasteiger partial charge < -0.3 is 5.32 Å². The first-order valence-corrected chi connectivity index (χ1v) is 6.25. The quantitative estimate of drug-likeness (QED) is 0.863. The van der Waals surface area contributed by atoms with Crippen molar-refractivity contribution < 1.29 is 4.79 Å². The van der Waals surface area contributed by atoms with Crippen molar-refractivity contribution in [1.29, 1.82) is 0 Å². The van der Waals surface area contributed by atoms with Gasteiger partial charge in [0, 0.05) is 17.7 Å². The first-order valence-electron chi connectivity index (χ1n) is 6.25. The summed E-state index contributed by atoms with van der Waals surface area (Å²) in [4.78, 5) is 28.2. The lowest BCUT2D eigenvalue weighted by Crippen LogP contribution is -2.32. The molecule has 2 aromatic rings. The van der Waals surface area contributed by atoms with Crippen LogP contribution in [0.2, 0.25) is 0 Å². The summed E-state index contributed by atoms with van der Waals surface area (Å²) in [6.07, 6.45) is 0. The fourth-order valence-corrected chi connectivity index (χ4v) is 1.87. The number of hydrogen-bond acceptors (Lipinski definition) is 3. The topological polar surface area (TPSA) is 79.3 Å². The molecule has 0 aliphatic carbocycles. The molecule has 6 nitrogen and oxygen atoms in total. The monoisotopic (exact) mass is 262 g/mol. The van der Waals surface area contributed by atoms with Crippen LogP contribution < -0.4 is 10.9 Å². The highest BCUT2D eigenvalue weighted by Crippen LogP contribution is 2.05. The maximum absolute atomic E-state index is 12.3. The van der Waals surface area contributed by atoms with Gasteiger partial charge in [-0.1, -0.05) is 13.8 Å². The van der Waals surface area contributed by atoms with Crippen molar-refractivity contribution in [2.24, 2.45) is 5.92 Å². The fourth-order valence-electron chi connectivity index (χ4n) is 1.87. The molecule has 0 saturated heterocycles. The molecule has 0 saturated carbocycles. The van der Waals surface area contributed by atoms with E-state index in [1.165, 1.54) is 4.52 Å². The lowest BCUT2D eigenvalue weighted by atomic mass is 10.2. The molecule has 0 atom stereocenters. The third-order valence-corrected chi connectivity index (χ3v) is 3.01. The highest BCUT2D eigenvalue weighted by Gasteiger charge is 2.13. The van der Waals surface area contributed by atoms with Crippen LogP contribution in [0.5, 0.6) is 0 Å². The predicted molar refractivity (Wildman–Crippen MR) is 72.0 cm³/mol. The predicted octanol–water partition coefficient (Wildman–Crippen LogP) is 0.912. The minimum absolute atomic E-state index is 0.0773. The van der Waals surface area contributed by atoms with E-state index in [4.69, 9.17) is 0 Å². The zero-order chi connectivity index (χ0) is 14.2. The van der Waals surface area contributed by atoms with E-state index in [1.807, 2.05) is 26.8 Å². The summed E-state index contributed by atoms with van der Waals surface area (Å²) >= 11 is 0. The molecule has 0 aliphatic heterocycles. The van der Waals surface area contributed by atoms with E-state index in [9.17, 15) is 9.59 Å². The van der Waals surface area contributed by atoms with Crippen LogP contribution in [-0.2, 0) is 11.3 Å². The number of fused-ring (bicyclic) bond motifs is 1. The van der Waals surface area contributed by atoms with Gasteiger partial charge in [0.25, 0.3) is 5.56 Å². The van der Waals surface area contributed by atoms with E-state index in [-0.39, 0.29) is 23.9 Å². The average molecular weight is 262 g/mol. The molecule has 102 valence electrons. The Bertz CT molecular complexity index is 682. The summed E-state index contributed by atoms with van der Waals surface area (Å²) in [5.41, 5.74) is 2.45. The molecule has 2 rings (SSSR count). The Labute approximate surface area is 110 Å². The number of nitrogens with one attached hydrogen (secondary N) is 2. The Morgan fingerprint density at radius 2 is 2.16 bits per heavy atom. The normalized spacial score (nSPS) is 11.2. The van der Waals surface area contributed by atoms with Crippen molar-refractivity contribution in [3.05, 3.63) is 33.4 Å². The van der Waals surface area contributed by atoms with E-state index in [1.54, 1.807) is 6.92 Å². The maximum Gasteiger partial charge on any atom is 0.277 e. The second-order valence-corrected chi connectivity index (χ2v) is 4.99. The van der Waals surface area contributed by atoms with Crippen LogP contribution in [0.25, 0.3) is 5.65 Å². The van der Waals surface area contributed by atoms with Crippen LogP contribution in [-0.4, -0.2) is 20.5 Å². The lowest BCUT2D eigenvalue weighted by molar-refractivity contribution is -0.124. The molecule has 2 heterocycles. The smallest absolute Gasteiger partial charge is 0.277 e. The molecular formula is C13H18N4O2. The molecule has 0 radical (unpaired) electrons. The number of H-pyrrole nitrogens is 1. The summed E-state index contributed by atoms with van der Waals surface area (Å²) in [7, 11) is 0. The first kappa shape index (κ1) is 13.3. The van der Waals surface area contributed by atoms with Gasteiger partial charge in [0.2, 0.25) is 5.91 Å². The molecule has 2 aromatic heterocycles. The van der Waals surface area contributed by atoms with Crippen LogP contribution >= 0.6 is 0 Å². The minimum atomic E-state index is -0.167. The van der Waals surface area contributed by atoms with Gasteiger partial charge in [-0.05, 0) is 13.8 Å². The number of aromatic amines is 1. The number of hydrogen-bond donors (Lipinski definition) is 2. The van der Waals surface area contributed by atoms with Crippen molar-refractivity contribution in [1.82, 2.24) is 19.9 Å². The van der Waals surface area contributed by atoms with Crippen LogP contribution in [0.15, 0.2) is 10.9 Å². The van der Waals surface area contributed by atoms with E-state index in [2.05, 4.69) is 15.4 Å².